The summed E-state index contributed by atoms with van der Waals surface area (Å²) in [5.74, 6) is -1.42. The van der Waals surface area contributed by atoms with Crippen molar-refractivity contribution in [2.75, 3.05) is 0 Å². The Hall–Kier alpha value is -1.75. The predicted octanol–water partition coefficient (Wildman–Crippen LogP) is 2.65. The Bertz CT molecular complexity index is 492. The summed E-state index contributed by atoms with van der Waals surface area (Å²) in [5.41, 5.74) is 2.13. The van der Waals surface area contributed by atoms with Crippen LogP contribution in [0.2, 0.25) is 0 Å². The second-order valence-corrected chi connectivity index (χ2v) is 3.70. The minimum Gasteiger partial charge on any atom is -0.476 e. The van der Waals surface area contributed by atoms with Crippen LogP contribution in [0.4, 0.5) is 4.39 Å². The molecule has 0 aliphatic carbocycles. The highest BCUT2D eigenvalue weighted by molar-refractivity contribution is 7.13. The van der Waals surface area contributed by atoms with Gasteiger partial charge in [0.25, 0.3) is 0 Å². The standard InChI is InChI=1S/C10H6FNO2S/c11-7-3-1-6(2-4-7)9-8(10(13)14)12-5-15-9/h1-5H,(H,13,14). The average molecular weight is 223 g/mol. The monoisotopic (exact) mass is 223 g/mol. The fourth-order valence-electron chi connectivity index (χ4n) is 1.20. The first-order valence-electron chi connectivity index (χ1n) is 4.11. The van der Waals surface area contributed by atoms with Gasteiger partial charge in [0, 0.05) is 0 Å². The van der Waals surface area contributed by atoms with Crippen molar-refractivity contribution in [3.63, 3.8) is 0 Å². The summed E-state index contributed by atoms with van der Waals surface area (Å²) in [5, 5.41) is 8.84. The van der Waals surface area contributed by atoms with Gasteiger partial charge in [-0.2, -0.15) is 0 Å². The summed E-state index contributed by atoms with van der Waals surface area (Å²) in [7, 11) is 0. The van der Waals surface area contributed by atoms with Gasteiger partial charge in [-0.15, -0.1) is 11.3 Å². The van der Waals surface area contributed by atoms with E-state index in [0.717, 1.165) is 0 Å². The van der Waals surface area contributed by atoms with Crippen LogP contribution in [0.15, 0.2) is 29.8 Å². The van der Waals surface area contributed by atoms with Crippen LogP contribution in [0.1, 0.15) is 10.5 Å². The Morgan fingerprint density at radius 3 is 2.60 bits per heavy atom. The van der Waals surface area contributed by atoms with Gasteiger partial charge in [0.1, 0.15) is 5.82 Å². The van der Waals surface area contributed by atoms with E-state index in [1.165, 1.54) is 41.1 Å². The summed E-state index contributed by atoms with van der Waals surface area (Å²) in [6.45, 7) is 0. The van der Waals surface area contributed by atoms with Crippen LogP contribution < -0.4 is 0 Å². The Kier molecular flexibility index (Phi) is 2.47. The smallest absolute Gasteiger partial charge is 0.356 e. The van der Waals surface area contributed by atoms with E-state index < -0.39 is 5.97 Å². The van der Waals surface area contributed by atoms with Crippen molar-refractivity contribution in [3.05, 3.63) is 41.3 Å². The second-order valence-electron chi connectivity index (χ2n) is 2.84. The molecule has 0 aliphatic rings. The number of nitrogens with zero attached hydrogens (tertiary/aromatic N) is 1. The molecule has 0 bridgehead atoms. The van der Waals surface area contributed by atoms with Gasteiger partial charge in [0.05, 0.1) is 10.4 Å². The summed E-state index contributed by atoms with van der Waals surface area (Å²) in [6, 6.07) is 5.66. The molecule has 0 aliphatic heterocycles. The first-order valence-corrected chi connectivity index (χ1v) is 4.99. The van der Waals surface area contributed by atoms with Gasteiger partial charge in [-0.05, 0) is 17.7 Å². The van der Waals surface area contributed by atoms with Crippen LogP contribution in [0, 0.1) is 5.82 Å². The van der Waals surface area contributed by atoms with Crippen LogP contribution in [-0.2, 0) is 0 Å². The van der Waals surface area contributed by atoms with Gasteiger partial charge < -0.3 is 5.11 Å². The third kappa shape index (κ3) is 1.87. The maximum atomic E-state index is 12.7. The van der Waals surface area contributed by atoms with Gasteiger partial charge in [0.15, 0.2) is 5.69 Å². The number of carboxylic acid groups (broad SMARTS) is 1. The van der Waals surface area contributed by atoms with Crippen molar-refractivity contribution >= 4 is 17.3 Å². The lowest BCUT2D eigenvalue weighted by atomic mass is 10.1. The molecule has 0 fully saturated rings. The van der Waals surface area contributed by atoms with E-state index in [4.69, 9.17) is 5.11 Å². The molecule has 0 radical (unpaired) electrons. The summed E-state index contributed by atoms with van der Waals surface area (Å²) in [4.78, 5) is 15.1. The Morgan fingerprint density at radius 1 is 1.33 bits per heavy atom. The lowest BCUT2D eigenvalue weighted by molar-refractivity contribution is 0.0692. The minimum atomic E-state index is -1.07. The molecule has 5 heteroatoms. The van der Waals surface area contributed by atoms with Gasteiger partial charge >= 0.3 is 5.97 Å². The molecule has 0 amide bonds. The SMILES string of the molecule is O=C(O)c1ncsc1-c1ccc(F)cc1. The molecule has 0 saturated carbocycles. The van der Waals surface area contributed by atoms with E-state index in [1.807, 2.05) is 0 Å². The molecule has 76 valence electrons. The molecule has 1 aromatic heterocycles. The topological polar surface area (TPSA) is 50.2 Å². The highest BCUT2D eigenvalue weighted by atomic mass is 32.1. The molecule has 2 rings (SSSR count). The molecule has 0 saturated heterocycles. The lowest BCUT2D eigenvalue weighted by Gasteiger charge is -1.98. The van der Waals surface area contributed by atoms with E-state index >= 15 is 0 Å². The van der Waals surface area contributed by atoms with Crippen molar-refractivity contribution in [3.8, 4) is 10.4 Å². The molecule has 3 nitrogen and oxygen atoms in total. The van der Waals surface area contributed by atoms with Crippen LogP contribution in [0.25, 0.3) is 10.4 Å². The number of aromatic carboxylic acids is 1. The lowest BCUT2D eigenvalue weighted by Crippen LogP contribution is -1.98. The van der Waals surface area contributed by atoms with E-state index in [0.29, 0.717) is 10.4 Å². The van der Waals surface area contributed by atoms with E-state index in [-0.39, 0.29) is 11.5 Å². The fourth-order valence-corrected chi connectivity index (χ4v) is 1.99. The number of halogens is 1. The molecule has 15 heavy (non-hydrogen) atoms. The van der Waals surface area contributed by atoms with Crippen LogP contribution in [0.5, 0.6) is 0 Å². The largest absolute Gasteiger partial charge is 0.476 e. The zero-order valence-electron chi connectivity index (χ0n) is 7.48. The van der Waals surface area contributed by atoms with Gasteiger partial charge in [-0.25, -0.2) is 14.2 Å². The highest BCUT2D eigenvalue weighted by Gasteiger charge is 2.14. The fraction of sp³-hybridized carbons (Fsp3) is 0. The normalized spacial score (nSPS) is 10.2. The first kappa shape index (κ1) is 9.79. The molecular formula is C10H6FNO2S. The maximum Gasteiger partial charge on any atom is 0.356 e. The van der Waals surface area contributed by atoms with Crippen molar-refractivity contribution in [2.24, 2.45) is 0 Å². The van der Waals surface area contributed by atoms with Gasteiger partial charge in [0.2, 0.25) is 0 Å². The van der Waals surface area contributed by atoms with Crippen molar-refractivity contribution in [1.82, 2.24) is 4.98 Å². The molecule has 2 aromatic rings. The van der Waals surface area contributed by atoms with Crippen LogP contribution in [-0.4, -0.2) is 16.1 Å². The first-order chi connectivity index (χ1) is 7.18. The maximum absolute atomic E-state index is 12.7. The number of rotatable bonds is 2. The summed E-state index contributed by atoms with van der Waals surface area (Å²) >= 11 is 1.22. The molecule has 1 heterocycles. The van der Waals surface area contributed by atoms with Gasteiger partial charge in [-0.1, -0.05) is 12.1 Å². The minimum absolute atomic E-state index is 0.00612. The average Bonchev–Trinajstić information content (AvgIpc) is 2.67. The number of carbonyl (C=O) groups is 1. The number of thiazole rings is 1. The molecule has 0 unspecified atom stereocenters. The van der Waals surface area contributed by atoms with Crippen molar-refractivity contribution in [2.45, 2.75) is 0 Å². The second kappa shape index (κ2) is 3.78. The van der Waals surface area contributed by atoms with Crippen molar-refractivity contribution < 1.29 is 14.3 Å². The van der Waals surface area contributed by atoms with E-state index in [9.17, 15) is 9.18 Å². The Labute approximate surface area is 88.8 Å². The molecule has 1 N–H and O–H groups in total. The number of hydrogen-bond acceptors (Lipinski definition) is 3. The Balaban J connectivity index is 2.49. The summed E-state index contributed by atoms with van der Waals surface area (Å²) in [6.07, 6.45) is 0. The van der Waals surface area contributed by atoms with Gasteiger partial charge in [-0.3, -0.25) is 0 Å². The predicted molar refractivity (Wildman–Crippen MR) is 54.5 cm³/mol. The van der Waals surface area contributed by atoms with E-state index in [2.05, 4.69) is 4.98 Å². The van der Waals surface area contributed by atoms with Crippen molar-refractivity contribution in [1.29, 1.82) is 0 Å². The number of hydrogen-bond donors (Lipinski definition) is 1. The molecule has 0 spiro atoms. The molecular weight excluding hydrogens is 217 g/mol. The number of carboxylic acids is 1. The molecule has 0 atom stereocenters. The van der Waals surface area contributed by atoms with Crippen LogP contribution in [0.3, 0.4) is 0 Å². The third-order valence-corrected chi connectivity index (χ3v) is 2.75. The zero-order valence-corrected chi connectivity index (χ0v) is 8.29. The number of aromatic nitrogens is 1. The third-order valence-electron chi connectivity index (χ3n) is 1.88. The van der Waals surface area contributed by atoms with Crippen LogP contribution >= 0.6 is 11.3 Å². The molecule has 1 aromatic carbocycles. The Morgan fingerprint density at radius 2 is 2.00 bits per heavy atom. The zero-order chi connectivity index (χ0) is 10.8. The number of benzene rings is 1. The van der Waals surface area contributed by atoms with E-state index in [1.54, 1.807) is 0 Å². The summed E-state index contributed by atoms with van der Waals surface area (Å²) < 4.78 is 12.7. The highest BCUT2D eigenvalue weighted by Crippen LogP contribution is 2.27. The quantitative estimate of drug-likeness (QED) is 0.851.